The minimum absolute atomic E-state index is 0.173. The average molecular weight is 740 g/mol. The first-order valence-electron chi connectivity index (χ1n) is 17.6. The van der Waals surface area contributed by atoms with Gasteiger partial charge in [-0.25, -0.2) is 0 Å². The molecule has 0 aromatic heterocycles. The largest absolute Gasteiger partial charge is 0.490 e. The Bertz CT molecular complexity index is 1730. The lowest BCUT2D eigenvalue weighted by molar-refractivity contribution is -0.0885. The first-order valence-corrected chi connectivity index (χ1v) is 18.4. The quantitative estimate of drug-likeness (QED) is 0.191. The van der Waals surface area contributed by atoms with Crippen LogP contribution in [0.25, 0.3) is 21.5 Å². The highest BCUT2D eigenvalue weighted by Crippen LogP contribution is 2.40. The normalized spacial score (nSPS) is 21.9. The van der Waals surface area contributed by atoms with Gasteiger partial charge < -0.3 is 9.47 Å². The van der Waals surface area contributed by atoms with Crippen molar-refractivity contribution in [1.29, 1.82) is 0 Å². The van der Waals surface area contributed by atoms with Crippen LogP contribution in [0.5, 0.6) is 11.5 Å². The zero-order valence-electron chi connectivity index (χ0n) is 29.6. The van der Waals surface area contributed by atoms with Crippen molar-refractivity contribution in [1.82, 2.24) is 0 Å². The Labute approximate surface area is 298 Å². The summed E-state index contributed by atoms with van der Waals surface area (Å²) >= 11 is 3.52. The minimum atomic E-state index is -4.86. The van der Waals surface area contributed by atoms with Crippen molar-refractivity contribution in [2.45, 2.75) is 111 Å². The van der Waals surface area contributed by atoms with Crippen molar-refractivity contribution in [3.63, 3.8) is 0 Å². The van der Waals surface area contributed by atoms with Crippen LogP contribution in [0.2, 0.25) is 0 Å². The number of ether oxygens (including phenoxy) is 2. The van der Waals surface area contributed by atoms with E-state index in [-0.39, 0.29) is 11.7 Å². The number of alkyl halides is 3. The number of halogens is 4. The highest BCUT2D eigenvalue weighted by atomic mass is 79.9. The molecule has 2 fully saturated rings. The summed E-state index contributed by atoms with van der Waals surface area (Å²) in [5.41, 5.74) is 0.407. The number of carbonyl (C=O) groups is 1. The van der Waals surface area contributed by atoms with E-state index in [4.69, 9.17) is 9.47 Å². The Balaban J connectivity index is 0.000000195. The van der Waals surface area contributed by atoms with E-state index >= 15 is 0 Å². The summed E-state index contributed by atoms with van der Waals surface area (Å²) < 4.78 is 51.2. The molecule has 3 nitrogen and oxygen atoms in total. The van der Waals surface area contributed by atoms with Gasteiger partial charge in [0.2, 0.25) is 0 Å². The molecule has 6 rings (SSSR count). The zero-order valence-corrected chi connectivity index (χ0v) is 31.2. The number of Topliss-reactive ketones (excluding diaryl/α,β-unsaturated/α-hetero) is 1. The second-order valence-corrected chi connectivity index (χ2v) is 17.0. The first-order chi connectivity index (χ1) is 23.0. The molecule has 49 heavy (non-hydrogen) atoms. The standard InChI is InChI=1S/C22H25F3O2.C20H25BrO/c1-21(2,3)17-7-10-18(11-8-17)27-19-9-6-14-12-16(5-4-15(14)13-19)20(26)22(23,24)25;1-20(2,3)16-6-10-18(11-7-16)22-19-9-5-14-12-17(21)8-4-15(14)13-19/h4-6,9,12-13,17-18H,7-8,10-11H2,1-3H3;4-5,8-9,12-13,16,18H,6-7,10-11H2,1-3H3. The summed E-state index contributed by atoms with van der Waals surface area (Å²) in [6.07, 6.45) is 4.94. The second kappa shape index (κ2) is 15.0. The average Bonchev–Trinajstić information content (AvgIpc) is 3.04. The first kappa shape index (κ1) is 37.2. The van der Waals surface area contributed by atoms with E-state index in [0.717, 1.165) is 53.0 Å². The van der Waals surface area contributed by atoms with Crippen LogP contribution in [-0.2, 0) is 0 Å². The fourth-order valence-electron chi connectivity index (χ4n) is 7.35. The zero-order chi connectivity index (χ0) is 35.6. The number of ketones is 1. The Morgan fingerprint density at radius 2 is 0.959 bits per heavy atom. The van der Waals surface area contributed by atoms with Gasteiger partial charge in [0.15, 0.2) is 0 Å². The van der Waals surface area contributed by atoms with Gasteiger partial charge in [0.25, 0.3) is 5.78 Å². The van der Waals surface area contributed by atoms with Crippen LogP contribution in [-0.4, -0.2) is 24.2 Å². The molecule has 2 aliphatic carbocycles. The van der Waals surface area contributed by atoms with E-state index in [9.17, 15) is 18.0 Å². The Kier molecular flexibility index (Phi) is 11.4. The molecule has 0 bridgehead atoms. The monoisotopic (exact) mass is 738 g/mol. The number of hydrogen-bond donors (Lipinski definition) is 0. The van der Waals surface area contributed by atoms with E-state index in [2.05, 4.69) is 93.9 Å². The van der Waals surface area contributed by atoms with Gasteiger partial charge in [0.05, 0.1) is 12.2 Å². The maximum atomic E-state index is 12.6. The Morgan fingerprint density at radius 1 is 0.571 bits per heavy atom. The van der Waals surface area contributed by atoms with Crippen molar-refractivity contribution >= 4 is 43.3 Å². The topological polar surface area (TPSA) is 35.5 Å². The van der Waals surface area contributed by atoms with Crippen molar-refractivity contribution in [3.05, 3.63) is 82.8 Å². The van der Waals surface area contributed by atoms with E-state index < -0.39 is 12.0 Å². The van der Waals surface area contributed by atoms with Crippen molar-refractivity contribution < 1.29 is 27.4 Å². The molecule has 7 heteroatoms. The molecule has 4 aromatic rings. The van der Waals surface area contributed by atoms with Crippen molar-refractivity contribution in [2.75, 3.05) is 0 Å². The van der Waals surface area contributed by atoms with Crippen LogP contribution in [0.15, 0.2) is 77.3 Å². The van der Waals surface area contributed by atoms with Crippen LogP contribution in [0.1, 0.15) is 103 Å². The molecule has 0 aliphatic heterocycles. The number of fused-ring (bicyclic) bond motifs is 2. The molecule has 2 saturated carbocycles. The number of carbonyl (C=O) groups excluding carboxylic acids is 1. The molecule has 0 heterocycles. The fraction of sp³-hybridized carbons (Fsp3) is 0.500. The second-order valence-electron chi connectivity index (χ2n) is 16.1. The summed E-state index contributed by atoms with van der Waals surface area (Å²) in [7, 11) is 0. The predicted molar refractivity (Wildman–Crippen MR) is 198 cm³/mol. The Hall–Kier alpha value is -3.06. The predicted octanol–water partition coefficient (Wildman–Crippen LogP) is 13.2. The Morgan fingerprint density at radius 3 is 1.39 bits per heavy atom. The molecule has 0 amide bonds. The molecule has 0 N–H and O–H groups in total. The van der Waals surface area contributed by atoms with Gasteiger partial charge in [0, 0.05) is 10.0 Å². The minimum Gasteiger partial charge on any atom is -0.490 e. The molecule has 264 valence electrons. The summed E-state index contributed by atoms with van der Waals surface area (Å²) in [4.78, 5) is 11.4. The third-order valence-electron chi connectivity index (χ3n) is 10.5. The highest BCUT2D eigenvalue weighted by Gasteiger charge is 2.39. The number of benzene rings is 4. The van der Waals surface area contributed by atoms with E-state index in [1.54, 1.807) is 12.1 Å². The van der Waals surface area contributed by atoms with Gasteiger partial charge in [-0.15, -0.1) is 0 Å². The van der Waals surface area contributed by atoms with E-state index in [1.165, 1.54) is 54.7 Å². The maximum Gasteiger partial charge on any atom is 0.454 e. The number of rotatable bonds is 5. The van der Waals surface area contributed by atoms with Gasteiger partial charge in [-0.05, 0) is 138 Å². The molecule has 4 aromatic carbocycles. The lowest BCUT2D eigenvalue weighted by Crippen LogP contribution is -2.30. The van der Waals surface area contributed by atoms with Crippen LogP contribution >= 0.6 is 15.9 Å². The third-order valence-corrected chi connectivity index (χ3v) is 11.0. The SMILES string of the molecule is CC(C)(C)C1CCC(Oc2ccc3cc(Br)ccc3c2)CC1.CC(C)(C)C1CCC(Oc2ccc3cc(C(=O)C(F)(F)F)ccc3c2)CC1. The highest BCUT2D eigenvalue weighted by molar-refractivity contribution is 9.10. The molecule has 0 atom stereocenters. The summed E-state index contributed by atoms with van der Waals surface area (Å²) in [5.74, 6) is 1.45. The van der Waals surface area contributed by atoms with Crippen LogP contribution < -0.4 is 9.47 Å². The van der Waals surface area contributed by atoms with Gasteiger partial charge in [-0.3, -0.25) is 4.79 Å². The van der Waals surface area contributed by atoms with Crippen LogP contribution in [0, 0.1) is 22.7 Å². The number of hydrogen-bond acceptors (Lipinski definition) is 3. The smallest absolute Gasteiger partial charge is 0.454 e. The van der Waals surface area contributed by atoms with Gasteiger partial charge in [0.1, 0.15) is 11.5 Å². The molecule has 0 spiro atoms. The van der Waals surface area contributed by atoms with Gasteiger partial charge in [-0.2, -0.15) is 13.2 Å². The molecular weight excluding hydrogens is 689 g/mol. The lowest BCUT2D eigenvalue weighted by Gasteiger charge is -2.37. The fourth-order valence-corrected chi connectivity index (χ4v) is 7.73. The van der Waals surface area contributed by atoms with Gasteiger partial charge >= 0.3 is 6.18 Å². The van der Waals surface area contributed by atoms with Gasteiger partial charge in [-0.1, -0.05) is 87.8 Å². The molecule has 2 aliphatic rings. The van der Waals surface area contributed by atoms with E-state index in [0.29, 0.717) is 28.2 Å². The molecule has 0 unspecified atom stereocenters. The summed E-state index contributed by atoms with van der Waals surface area (Å²) in [6, 6.07) is 22.1. The maximum absolute atomic E-state index is 12.6. The lowest BCUT2D eigenvalue weighted by atomic mass is 9.72. The van der Waals surface area contributed by atoms with Crippen LogP contribution in [0.4, 0.5) is 13.2 Å². The molecular formula is C42H50BrF3O3. The molecule has 0 radical (unpaired) electrons. The summed E-state index contributed by atoms with van der Waals surface area (Å²) in [6.45, 7) is 13.9. The van der Waals surface area contributed by atoms with Crippen LogP contribution in [0.3, 0.4) is 0 Å². The summed E-state index contributed by atoms with van der Waals surface area (Å²) in [5, 5.41) is 3.84. The van der Waals surface area contributed by atoms with Crippen molar-refractivity contribution in [3.8, 4) is 11.5 Å². The van der Waals surface area contributed by atoms with E-state index in [1.807, 2.05) is 6.07 Å². The third kappa shape index (κ3) is 10.0. The van der Waals surface area contributed by atoms with Crippen molar-refractivity contribution in [2.24, 2.45) is 22.7 Å². The molecule has 0 saturated heterocycles.